The summed E-state index contributed by atoms with van der Waals surface area (Å²) in [6, 6.07) is 15.2. The zero-order chi connectivity index (χ0) is 23.3. The molecule has 0 saturated carbocycles. The lowest BCUT2D eigenvalue weighted by atomic mass is 9.98. The van der Waals surface area contributed by atoms with E-state index in [-0.39, 0.29) is 25.4 Å². The minimum Gasteiger partial charge on any atom is -0.458 e. The lowest BCUT2D eigenvalue weighted by molar-refractivity contribution is -0.157. The third-order valence-electron chi connectivity index (χ3n) is 5.24. The van der Waals surface area contributed by atoms with Gasteiger partial charge in [0, 0.05) is 12.3 Å². The number of ether oxygens (including phenoxy) is 2. The fourth-order valence-electron chi connectivity index (χ4n) is 3.88. The van der Waals surface area contributed by atoms with Crippen molar-refractivity contribution < 1.29 is 23.9 Å². The van der Waals surface area contributed by atoms with Gasteiger partial charge in [-0.15, -0.1) is 0 Å². The molecule has 1 aliphatic carbocycles. The summed E-state index contributed by atoms with van der Waals surface area (Å²) in [5.74, 6) is -1.12. The summed E-state index contributed by atoms with van der Waals surface area (Å²) >= 11 is 0. The van der Waals surface area contributed by atoms with Crippen molar-refractivity contribution in [3.8, 4) is 11.1 Å². The van der Waals surface area contributed by atoms with Crippen molar-refractivity contribution in [3.63, 3.8) is 0 Å². The zero-order valence-electron chi connectivity index (χ0n) is 18.7. The highest BCUT2D eigenvalue weighted by Gasteiger charge is 2.30. The molecule has 0 saturated heterocycles. The number of rotatable bonds is 8. The number of carbonyl (C=O) groups is 3. The monoisotopic (exact) mass is 438 g/mol. The highest BCUT2D eigenvalue weighted by atomic mass is 16.6. The molecule has 0 aromatic heterocycles. The van der Waals surface area contributed by atoms with E-state index in [4.69, 9.17) is 15.2 Å². The van der Waals surface area contributed by atoms with Gasteiger partial charge in [-0.25, -0.2) is 9.59 Å². The van der Waals surface area contributed by atoms with Gasteiger partial charge in [-0.05, 0) is 55.9 Å². The molecular weight excluding hydrogens is 408 g/mol. The molecule has 170 valence electrons. The van der Waals surface area contributed by atoms with Crippen LogP contribution >= 0.6 is 0 Å². The van der Waals surface area contributed by atoms with Crippen molar-refractivity contribution in [2.75, 3.05) is 6.61 Å². The number of alkyl carbamates (subject to hydrolysis) is 1. The van der Waals surface area contributed by atoms with Gasteiger partial charge in [-0.3, -0.25) is 4.79 Å². The van der Waals surface area contributed by atoms with Crippen molar-refractivity contribution in [2.45, 2.75) is 57.6 Å². The Morgan fingerprint density at radius 3 is 2.09 bits per heavy atom. The Bertz CT molecular complexity index is 950. The average Bonchev–Trinajstić information content (AvgIpc) is 3.04. The molecule has 0 bridgehead atoms. The SMILES string of the molecule is CC(C)(C)OC(=O)[C@H](CCCC(N)=O)NC(=O)OCC1c2ccccc2-c2ccccc21. The van der Waals surface area contributed by atoms with Gasteiger partial charge in [-0.1, -0.05) is 48.5 Å². The number of carbonyl (C=O) groups excluding carboxylic acids is 3. The Hall–Kier alpha value is -3.35. The van der Waals surface area contributed by atoms with Crippen LogP contribution in [0.2, 0.25) is 0 Å². The minimum atomic E-state index is -0.927. The first kappa shape index (κ1) is 23.3. The second kappa shape index (κ2) is 9.85. The van der Waals surface area contributed by atoms with E-state index >= 15 is 0 Å². The molecule has 0 aliphatic heterocycles. The number of primary amides is 1. The summed E-state index contributed by atoms with van der Waals surface area (Å²) < 4.78 is 10.9. The van der Waals surface area contributed by atoms with E-state index in [1.807, 2.05) is 36.4 Å². The van der Waals surface area contributed by atoms with E-state index in [0.29, 0.717) is 6.42 Å². The van der Waals surface area contributed by atoms with Crippen LogP contribution in [-0.2, 0) is 19.1 Å². The Morgan fingerprint density at radius 1 is 1.00 bits per heavy atom. The molecule has 2 aromatic carbocycles. The van der Waals surface area contributed by atoms with E-state index in [0.717, 1.165) is 22.3 Å². The van der Waals surface area contributed by atoms with Gasteiger partial charge in [-0.2, -0.15) is 0 Å². The van der Waals surface area contributed by atoms with Crippen LogP contribution in [0.15, 0.2) is 48.5 Å². The van der Waals surface area contributed by atoms with E-state index in [2.05, 4.69) is 17.4 Å². The van der Waals surface area contributed by atoms with Gasteiger partial charge in [0.1, 0.15) is 18.2 Å². The molecule has 0 heterocycles. The highest BCUT2D eigenvalue weighted by molar-refractivity contribution is 5.82. The first-order chi connectivity index (χ1) is 15.2. The Morgan fingerprint density at radius 2 is 1.56 bits per heavy atom. The number of esters is 1. The molecule has 2 aromatic rings. The molecular formula is C25H30N2O5. The molecule has 0 unspecified atom stereocenters. The maximum absolute atomic E-state index is 12.6. The third-order valence-corrected chi connectivity index (χ3v) is 5.24. The summed E-state index contributed by atoms with van der Waals surface area (Å²) in [5, 5.41) is 2.60. The average molecular weight is 439 g/mol. The molecule has 0 fully saturated rings. The molecule has 3 N–H and O–H groups in total. The summed E-state index contributed by atoms with van der Waals surface area (Å²) in [4.78, 5) is 36.2. The standard InChI is InChI=1S/C25H30N2O5/c1-25(2,3)32-23(29)21(13-8-14-22(26)28)27-24(30)31-15-20-18-11-6-4-9-16(18)17-10-5-7-12-19(17)20/h4-7,9-12,20-21H,8,13-15H2,1-3H3,(H2,26,28)(H,27,30)/t21-/m0/s1. The number of hydrogen-bond acceptors (Lipinski definition) is 5. The van der Waals surface area contributed by atoms with E-state index < -0.39 is 29.6 Å². The smallest absolute Gasteiger partial charge is 0.407 e. The van der Waals surface area contributed by atoms with Crippen LogP contribution in [0.1, 0.15) is 57.1 Å². The van der Waals surface area contributed by atoms with Crippen LogP contribution in [0.25, 0.3) is 11.1 Å². The molecule has 2 amide bonds. The second-order valence-corrected chi connectivity index (χ2v) is 8.91. The zero-order valence-corrected chi connectivity index (χ0v) is 18.7. The molecule has 1 atom stereocenters. The predicted octanol–water partition coefficient (Wildman–Crippen LogP) is 3.89. The largest absolute Gasteiger partial charge is 0.458 e. The molecule has 1 aliphatic rings. The number of fused-ring (bicyclic) bond motifs is 3. The lowest BCUT2D eigenvalue weighted by Gasteiger charge is -2.24. The van der Waals surface area contributed by atoms with Crippen LogP contribution in [0, 0.1) is 0 Å². The Balaban J connectivity index is 1.66. The van der Waals surface area contributed by atoms with E-state index in [1.54, 1.807) is 20.8 Å². The number of hydrogen-bond donors (Lipinski definition) is 2. The van der Waals surface area contributed by atoms with Crippen LogP contribution in [-0.4, -0.2) is 36.2 Å². The third kappa shape index (κ3) is 5.87. The quantitative estimate of drug-likeness (QED) is 0.608. The number of benzene rings is 2. The molecule has 32 heavy (non-hydrogen) atoms. The molecule has 3 rings (SSSR count). The van der Waals surface area contributed by atoms with Gasteiger partial charge >= 0.3 is 12.1 Å². The summed E-state index contributed by atoms with van der Waals surface area (Å²) in [6.07, 6.45) is -0.0156. The summed E-state index contributed by atoms with van der Waals surface area (Å²) in [7, 11) is 0. The van der Waals surface area contributed by atoms with Gasteiger partial charge < -0.3 is 20.5 Å². The van der Waals surface area contributed by atoms with Gasteiger partial charge in [0.2, 0.25) is 5.91 Å². The Kier molecular flexibility index (Phi) is 7.18. The molecule has 0 radical (unpaired) electrons. The maximum Gasteiger partial charge on any atom is 0.407 e. The van der Waals surface area contributed by atoms with Crippen LogP contribution in [0.4, 0.5) is 4.79 Å². The van der Waals surface area contributed by atoms with Gasteiger partial charge in [0.15, 0.2) is 0 Å². The van der Waals surface area contributed by atoms with Crippen molar-refractivity contribution >= 4 is 18.0 Å². The Labute approximate surface area is 188 Å². The molecule has 7 nitrogen and oxygen atoms in total. The van der Waals surface area contributed by atoms with Gasteiger partial charge in [0.25, 0.3) is 0 Å². The van der Waals surface area contributed by atoms with Crippen molar-refractivity contribution in [3.05, 3.63) is 59.7 Å². The normalized spacial score (nSPS) is 13.6. The minimum absolute atomic E-state index is 0.0806. The van der Waals surface area contributed by atoms with Crippen molar-refractivity contribution in [2.24, 2.45) is 5.73 Å². The molecule has 7 heteroatoms. The highest BCUT2D eigenvalue weighted by Crippen LogP contribution is 2.44. The van der Waals surface area contributed by atoms with Crippen molar-refractivity contribution in [1.29, 1.82) is 0 Å². The van der Waals surface area contributed by atoms with E-state index in [9.17, 15) is 14.4 Å². The number of nitrogens with two attached hydrogens (primary N) is 1. The van der Waals surface area contributed by atoms with Crippen molar-refractivity contribution in [1.82, 2.24) is 5.32 Å². The summed E-state index contributed by atoms with van der Waals surface area (Å²) in [6.45, 7) is 5.39. The number of nitrogens with one attached hydrogen (secondary N) is 1. The van der Waals surface area contributed by atoms with E-state index in [1.165, 1.54) is 0 Å². The summed E-state index contributed by atoms with van der Waals surface area (Å²) in [5.41, 5.74) is 8.96. The van der Waals surface area contributed by atoms with Crippen LogP contribution in [0.3, 0.4) is 0 Å². The fourth-order valence-corrected chi connectivity index (χ4v) is 3.88. The first-order valence-electron chi connectivity index (χ1n) is 10.8. The van der Waals surface area contributed by atoms with Crippen LogP contribution in [0.5, 0.6) is 0 Å². The lowest BCUT2D eigenvalue weighted by Crippen LogP contribution is -2.44. The van der Waals surface area contributed by atoms with Gasteiger partial charge in [0.05, 0.1) is 0 Å². The fraction of sp³-hybridized carbons (Fsp3) is 0.400. The second-order valence-electron chi connectivity index (χ2n) is 8.91. The number of amides is 2. The molecule has 0 spiro atoms. The predicted molar refractivity (Wildman–Crippen MR) is 121 cm³/mol. The topological polar surface area (TPSA) is 108 Å². The van der Waals surface area contributed by atoms with Crippen LogP contribution < -0.4 is 11.1 Å². The maximum atomic E-state index is 12.6. The first-order valence-corrected chi connectivity index (χ1v) is 10.8.